The Balaban J connectivity index is 1.69. The molecule has 154 valence electrons. The van der Waals surface area contributed by atoms with E-state index in [0.29, 0.717) is 0 Å². The standard InChI is InChI=1S/C23H27NO5/c1-23(2,3)21-24(22(26)29-15-18-12-8-5-9-13-18)19(16-28-21)20(25)27-14-17-10-6-4-7-11-17/h4-13,19,21H,14-16H2,1-3H3/t19-,21-/m0/s1. The average Bonchev–Trinajstić information content (AvgIpc) is 3.18. The van der Waals surface area contributed by atoms with Crippen molar-refractivity contribution in [1.82, 2.24) is 4.90 Å². The van der Waals surface area contributed by atoms with Gasteiger partial charge in [0, 0.05) is 5.41 Å². The van der Waals surface area contributed by atoms with Crippen LogP contribution in [0.15, 0.2) is 60.7 Å². The van der Waals surface area contributed by atoms with Gasteiger partial charge in [-0.2, -0.15) is 0 Å². The van der Waals surface area contributed by atoms with E-state index in [1.807, 2.05) is 81.4 Å². The van der Waals surface area contributed by atoms with Gasteiger partial charge in [0.1, 0.15) is 19.4 Å². The Morgan fingerprint density at radius 2 is 1.45 bits per heavy atom. The van der Waals surface area contributed by atoms with E-state index in [2.05, 4.69) is 0 Å². The monoisotopic (exact) mass is 397 g/mol. The highest BCUT2D eigenvalue weighted by Gasteiger charge is 2.48. The summed E-state index contributed by atoms with van der Waals surface area (Å²) in [6.07, 6.45) is -1.17. The summed E-state index contributed by atoms with van der Waals surface area (Å²) < 4.78 is 16.7. The van der Waals surface area contributed by atoms with Gasteiger partial charge in [-0.3, -0.25) is 4.90 Å². The van der Waals surface area contributed by atoms with E-state index in [9.17, 15) is 9.59 Å². The van der Waals surface area contributed by atoms with Crippen molar-refractivity contribution >= 4 is 12.1 Å². The molecule has 0 spiro atoms. The van der Waals surface area contributed by atoms with Crippen LogP contribution < -0.4 is 0 Å². The third-order valence-electron chi connectivity index (χ3n) is 4.65. The fourth-order valence-electron chi connectivity index (χ4n) is 3.20. The maximum absolute atomic E-state index is 12.9. The largest absolute Gasteiger partial charge is 0.459 e. The molecular weight excluding hydrogens is 370 g/mol. The number of esters is 1. The van der Waals surface area contributed by atoms with E-state index in [1.54, 1.807) is 0 Å². The summed E-state index contributed by atoms with van der Waals surface area (Å²) in [5.74, 6) is -0.503. The van der Waals surface area contributed by atoms with Crippen molar-refractivity contribution in [2.45, 2.75) is 46.3 Å². The number of carbonyl (C=O) groups excluding carboxylic acids is 2. The van der Waals surface area contributed by atoms with Gasteiger partial charge in [-0.05, 0) is 11.1 Å². The number of nitrogens with zero attached hydrogens (tertiary/aromatic N) is 1. The van der Waals surface area contributed by atoms with E-state index in [4.69, 9.17) is 14.2 Å². The summed E-state index contributed by atoms with van der Waals surface area (Å²) in [6, 6.07) is 18.0. The lowest BCUT2D eigenvalue weighted by atomic mass is 9.93. The maximum Gasteiger partial charge on any atom is 0.413 e. The Morgan fingerprint density at radius 1 is 0.931 bits per heavy atom. The molecule has 1 heterocycles. The maximum atomic E-state index is 12.9. The molecule has 0 N–H and O–H groups in total. The summed E-state index contributed by atoms with van der Waals surface area (Å²) in [6.45, 7) is 6.20. The third-order valence-corrected chi connectivity index (χ3v) is 4.65. The summed E-state index contributed by atoms with van der Waals surface area (Å²) in [5.41, 5.74) is 1.36. The number of amides is 1. The molecule has 1 aliphatic heterocycles. The predicted octanol–water partition coefficient (Wildman–Crippen LogP) is 4.14. The van der Waals surface area contributed by atoms with Crippen LogP contribution in [0, 0.1) is 5.41 Å². The second-order valence-electron chi connectivity index (χ2n) is 8.11. The molecule has 0 unspecified atom stereocenters. The molecule has 2 aromatic carbocycles. The number of hydrogen-bond donors (Lipinski definition) is 0. The van der Waals surface area contributed by atoms with Gasteiger partial charge in [0.15, 0.2) is 6.04 Å². The van der Waals surface area contributed by atoms with Crippen molar-refractivity contribution in [3.8, 4) is 0 Å². The minimum atomic E-state index is -0.841. The molecule has 1 saturated heterocycles. The highest BCUT2D eigenvalue weighted by atomic mass is 16.6. The van der Waals surface area contributed by atoms with Crippen LogP contribution >= 0.6 is 0 Å². The molecule has 0 bridgehead atoms. The summed E-state index contributed by atoms with van der Waals surface area (Å²) in [4.78, 5) is 27.0. The number of rotatable bonds is 5. The smallest absolute Gasteiger partial charge is 0.413 e. The van der Waals surface area contributed by atoms with E-state index >= 15 is 0 Å². The molecule has 0 saturated carbocycles. The lowest BCUT2D eigenvalue weighted by Gasteiger charge is -2.34. The second-order valence-corrected chi connectivity index (χ2v) is 8.11. The highest BCUT2D eigenvalue weighted by Crippen LogP contribution is 2.33. The summed E-state index contributed by atoms with van der Waals surface area (Å²) in [7, 11) is 0. The van der Waals surface area contributed by atoms with Crippen LogP contribution in [-0.4, -0.2) is 35.8 Å². The zero-order chi connectivity index (χ0) is 20.9. The van der Waals surface area contributed by atoms with E-state index < -0.39 is 24.3 Å². The number of ether oxygens (including phenoxy) is 3. The Bertz CT molecular complexity index is 816. The quantitative estimate of drug-likeness (QED) is 0.710. The zero-order valence-corrected chi connectivity index (χ0v) is 17.0. The van der Waals surface area contributed by atoms with Crippen LogP contribution in [0.2, 0.25) is 0 Å². The number of hydrogen-bond acceptors (Lipinski definition) is 5. The Labute approximate surface area is 171 Å². The molecule has 2 atom stereocenters. The molecule has 1 aliphatic rings. The molecule has 1 amide bonds. The van der Waals surface area contributed by atoms with Gasteiger partial charge in [0.2, 0.25) is 0 Å². The summed E-state index contributed by atoms with van der Waals surface area (Å²) >= 11 is 0. The predicted molar refractivity (Wildman–Crippen MR) is 108 cm³/mol. The van der Waals surface area contributed by atoms with Crippen LogP contribution in [0.4, 0.5) is 4.79 Å². The molecule has 3 rings (SSSR count). The first-order chi connectivity index (χ1) is 13.9. The number of carbonyl (C=O) groups is 2. The van der Waals surface area contributed by atoms with Crippen LogP contribution in [0.25, 0.3) is 0 Å². The van der Waals surface area contributed by atoms with Crippen molar-refractivity contribution in [2.75, 3.05) is 6.61 Å². The van der Waals surface area contributed by atoms with Gasteiger partial charge >= 0.3 is 12.1 Å². The average molecular weight is 397 g/mol. The Morgan fingerprint density at radius 3 is 1.97 bits per heavy atom. The topological polar surface area (TPSA) is 65.1 Å². The molecule has 0 radical (unpaired) electrons. The Hall–Kier alpha value is -2.86. The molecule has 0 aromatic heterocycles. The van der Waals surface area contributed by atoms with Crippen LogP contribution in [-0.2, 0) is 32.2 Å². The van der Waals surface area contributed by atoms with Crippen molar-refractivity contribution in [3.05, 3.63) is 71.8 Å². The first kappa shape index (κ1) is 20.9. The first-order valence-electron chi connectivity index (χ1n) is 9.67. The summed E-state index contributed by atoms with van der Waals surface area (Å²) in [5, 5.41) is 0. The molecular formula is C23H27NO5. The first-order valence-corrected chi connectivity index (χ1v) is 9.67. The van der Waals surface area contributed by atoms with Gasteiger partial charge in [-0.15, -0.1) is 0 Å². The lowest BCUT2D eigenvalue weighted by molar-refractivity contribution is -0.150. The van der Waals surface area contributed by atoms with E-state index in [0.717, 1.165) is 11.1 Å². The fraction of sp³-hybridized carbons (Fsp3) is 0.391. The lowest BCUT2D eigenvalue weighted by Crippen LogP contribution is -2.50. The SMILES string of the molecule is CC(C)(C)[C@@H]1OC[C@@H](C(=O)OCc2ccccc2)N1C(=O)OCc1ccccc1. The Kier molecular flexibility index (Phi) is 6.54. The van der Waals surface area contributed by atoms with E-state index in [1.165, 1.54) is 4.90 Å². The minimum absolute atomic E-state index is 0.0794. The van der Waals surface area contributed by atoms with Gasteiger partial charge < -0.3 is 14.2 Å². The molecule has 2 aromatic rings. The van der Waals surface area contributed by atoms with E-state index in [-0.39, 0.29) is 25.2 Å². The van der Waals surface area contributed by atoms with Gasteiger partial charge in [-0.25, -0.2) is 9.59 Å². The second kappa shape index (κ2) is 9.09. The van der Waals surface area contributed by atoms with Gasteiger partial charge in [0.05, 0.1) is 6.61 Å². The van der Waals surface area contributed by atoms with Crippen LogP contribution in [0.3, 0.4) is 0 Å². The molecule has 1 fully saturated rings. The van der Waals surface area contributed by atoms with Crippen molar-refractivity contribution in [2.24, 2.45) is 5.41 Å². The molecule has 6 nitrogen and oxygen atoms in total. The van der Waals surface area contributed by atoms with Gasteiger partial charge in [0.25, 0.3) is 0 Å². The molecule has 6 heteroatoms. The highest BCUT2D eigenvalue weighted by molar-refractivity contribution is 5.82. The fourth-order valence-corrected chi connectivity index (χ4v) is 3.20. The van der Waals surface area contributed by atoms with Crippen molar-refractivity contribution < 1.29 is 23.8 Å². The minimum Gasteiger partial charge on any atom is -0.459 e. The molecule has 29 heavy (non-hydrogen) atoms. The van der Waals surface area contributed by atoms with Crippen molar-refractivity contribution in [1.29, 1.82) is 0 Å². The van der Waals surface area contributed by atoms with Crippen LogP contribution in [0.1, 0.15) is 31.9 Å². The third kappa shape index (κ3) is 5.35. The number of benzene rings is 2. The normalized spacial score (nSPS) is 19.1. The van der Waals surface area contributed by atoms with Crippen molar-refractivity contribution in [3.63, 3.8) is 0 Å². The zero-order valence-electron chi connectivity index (χ0n) is 17.0. The molecule has 0 aliphatic carbocycles. The van der Waals surface area contributed by atoms with Gasteiger partial charge in [-0.1, -0.05) is 81.4 Å². The van der Waals surface area contributed by atoms with Crippen LogP contribution in [0.5, 0.6) is 0 Å².